The third-order valence-electron chi connectivity index (χ3n) is 3.98. The van der Waals surface area contributed by atoms with Crippen LogP contribution in [0.3, 0.4) is 0 Å². The number of aliphatic imine (C=N–C) groups is 1. The second kappa shape index (κ2) is 8.18. The number of carbonyl (C=O) groups excluding carboxylic acids is 1. The highest BCUT2D eigenvalue weighted by molar-refractivity contribution is 8.18. The minimum atomic E-state index is -1.08. The van der Waals surface area contributed by atoms with E-state index >= 15 is 0 Å². The summed E-state index contributed by atoms with van der Waals surface area (Å²) in [4.78, 5) is 28.5. The maximum Gasteiger partial charge on any atom is 0.337 e. The van der Waals surface area contributed by atoms with Gasteiger partial charge in [0.15, 0.2) is 5.17 Å². The molecule has 0 radical (unpaired) electrons. The Morgan fingerprint density at radius 2 is 1.96 bits per heavy atom. The second-order valence-corrected chi connectivity index (χ2v) is 6.95. The van der Waals surface area contributed by atoms with Crippen LogP contribution in [0.5, 0.6) is 11.5 Å². The maximum absolute atomic E-state index is 12.3. The lowest BCUT2D eigenvalue weighted by molar-refractivity contribution is -0.115. The van der Waals surface area contributed by atoms with Crippen LogP contribution in [0.15, 0.2) is 46.3 Å². The third-order valence-corrected chi connectivity index (χ3v) is 4.89. The van der Waals surface area contributed by atoms with Crippen LogP contribution in [0.2, 0.25) is 0 Å². The number of amides is 1. The smallest absolute Gasteiger partial charge is 0.337 e. The summed E-state index contributed by atoms with van der Waals surface area (Å²) >= 11 is 1.13. The molecule has 1 fully saturated rings. The lowest BCUT2D eigenvalue weighted by Gasteiger charge is -2.07. The van der Waals surface area contributed by atoms with Crippen LogP contribution < -0.4 is 14.8 Å². The van der Waals surface area contributed by atoms with Crippen molar-refractivity contribution in [1.82, 2.24) is 5.32 Å². The van der Waals surface area contributed by atoms with Crippen molar-refractivity contribution in [2.75, 3.05) is 14.2 Å². The van der Waals surface area contributed by atoms with Crippen molar-refractivity contribution in [3.63, 3.8) is 0 Å². The minimum Gasteiger partial charge on any atom is -0.497 e. The summed E-state index contributed by atoms with van der Waals surface area (Å²) in [6, 6.07) is 10.2. The van der Waals surface area contributed by atoms with Crippen LogP contribution in [0.1, 0.15) is 21.5 Å². The third kappa shape index (κ3) is 4.17. The molecule has 0 bridgehead atoms. The molecule has 0 aromatic heterocycles. The number of amidine groups is 1. The van der Waals surface area contributed by atoms with E-state index in [0.29, 0.717) is 32.8 Å². The first kappa shape index (κ1) is 19.5. The van der Waals surface area contributed by atoms with E-state index < -0.39 is 5.97 Å². The SMILES string of the molecule is COc1ccc(/C=C2\SC(=Nc3cc(C)ccc3C(=O)O)NC2=O)c(OC)c1. The molecule has 1 aliphatic rings. The number of carboxylic acids is 1. The lowest BCUT2D eigenvalue weighted by atomic mass is 10.1. The first-order chi connectivity index (χ1) is 13.4. The topological polar surface area (TPSA) is 97.2 Å². The molecule has 0 atom stereocenters. The van der Waals surface area contributed by atoms with E-state index in [1.54, 1.807) is 43.5 Å². The van der Waals surface area contributed by atoms with Crippen LogP contribution in [0.4, 0.5) is 5.69 Å². The number of aryl methyl sites for hydroxylation is 1. The van der Waals surface area contributed by atoms with Crippen molar-refractivity contribution in [1.29, 1.82) is 0 Å². The van der Waals surface area contributed by atoms with E-state index in [9.17, 15) is 14.7 Å². The molecule has 1 aliphatic heterocycles. The molecule has 144 valence electrons. The standard InChI is InChI=1S/C20H18N2O5S/c1-11-4-7-14(19(24)25)15(8-11)21-20-22-18(23)17(28-20)9-12-5-6-13(26-2)10-16(12)27-3/h4-10H,1-3H3,(H,24,25)(H,21,22,23)/b17-9-. The summed E-state index contributed by atoms with van der Waals surface area (Å²) in [7, 11) is 3.10. The van der Waals surface area contributed by atoms with Crippen LogP contribution >= 0.6 is 11.8 Å². The van der Waals surface area contributed by atoms with Gasteiger partial charge in [-0.25, -0.2) is 9.79 Å². The average molecular weight is 398 g/mol. The number of hydrogen-bond acceptors (Lipinski definition) is 6. The fourth-order valence-electron chi connectivity index (χ4n) is 2.58. The van der Waals surface area contributed by atoms with E-state index in [4.69, 9.17) is 9.47 Å². The molecular formula is C20H18N2O5S. The van der Waals surface area contributed by atoms with Gasteiger partial charge in [0.1, 0.15) is 11.5 Å². The quantitative estimate of drug-likeness (QED) is 0.747. The monoisotopic (exact) mass is 398 g/mol. The molecule has 7 nitrogen and oxygen atoms in total. The Morgan fingerprint density at radius 1 is 1.18 bits per heavy atom. The van der Waals surface area contributed by atoms with E-state index in [2.05, 4.69) is 10.3 Å². The predicted molar refractivity (Wildman–Crippen MR) is 108 cm³/mol. The van der Waals surface area contributed by atoms with Crippen LogP contribution in [0, 0.1) is 6.92 Å². The van der Waals surface area contributed by atoms with E-state index in [0.717, 1.165) is 17.3 Å². The number of methoxy groups -OCH3 is 2. The highest BCUT2D eigenvalue weighted by Crippen LogP contribution is 2.33. The van der Waals surface area contributed by atoms with Gasteiger partial charge in [-0.3, -0.25) is 4.79 Å². The lowest BCUT2D eigenvalue weighted by Crippen LogP contribution is -2.19. The number of rotatable bonds is 5. The normalized spacial score (nSPS) is 16.3. The maximum atomic E-state index is 12.3. The van der Waals surface area contributed by atoms with Crippen molar-refractivity contribution in [3.8, 4) is 11.5 Å². The Balaban J connectivity index is 1.93. The van der Waals surface area contributed by atoms with Crippen molar-refractivity contribution in [2.45, 2.75) is 6.92 Å². The average Bonchev–Trinajstić information content (AvgIpc) is 3.00. The van der Waals surface area contributed by atoms with Crippen LogP contribution in [-0.4, -0.2) is 36.4 Å². The zero-order valence-corrected chi connectivity index (χ0v) is 16.3. The molecule has 3 rings (SSSR count). The molecule has 2 aromatic rings. The van der Waals surface area contributed by atoms with Gasteiger partial charge in [-0.05, 0) is 54.6 Å². The Bertz CT molecular complexity index is 1010. The Labute approximate surface area is 166 Å². The fourth-order valence-corrected chi connectivity index (χ4v) is 3.41. The first-order valence-electron chi connectivity index (χ1n) is 8.27. The Morgan fingerprint density at radius 3 is 2.64 bits per heavy atom. The van der Waals surface area contributed by atoms with Gasteiger partial charge >= 0.3 is 5.97 Å². The molecule has 0 spiro atoms. The number of benzene rings is 2. The molecule has 1 amide bonds. The number of ether oxygens (including phenoxy) is 2. The van der Waals surface area contributed by atoms with E-state index in [-0.39, 0.29) is 11.5 Å². The molecule has 28 heavy (non-hydrogen) atoms. The van der Waals surface area contributed by atoms with Gasteiger partial charge in [0.2, 0.25) is 0 Å². The summed E-state index contributed by atoms with van der Waals surface area (Å²) in [5.41, 5.74) is 1.95. The minimum absolute atomic E-state index is 0.0715. The Hall–Kier alpha value is -3.26. The van der Waals surface area contributed by atoms with Crippen LogP contribution in [0.25, 0.3) is 6.08 Å². The summed E-state index contributed by atoms with van der Waals surface area (Å²) in [5, 5.41) is 12.3. The predicted octanol–water partition coefficient (Wildman–Crippen LogP) is 3.60. The number of nitrogens with one attached hydrogen (secondary N) is 1. The van der Waals surface area contributed by atoms with Crippen molar-refractivity contribution in [3.05, 3.63) is 58.0 Å². The van der Waals surface area contributed by atoms with Gasteiger partial charge in [-0.1, -0.05) is 6.07 Å². The zero-order valence-electron chi connectivity index (χ0n) is 15.5. The molecule has 8 heteroatoms. The molecular weight excluding hydrogens is 380 g/mol. The van der Waals surface area contributed by atoms with Gasteiger partial charge in [0.25, 0.3) is 5.91 Å². The summed E-state index contributed by atoms with van der Waals surface area (Å²) in [5.74, 6) is -0.179. The van der Waals surface area contributed by atoms with Gasteiger partial charge in [0.05, 0.1) is 30.4 Å². The highest BCUT2D eigenvalue weighted by atomic mass is 32.2. The molecule has 0 unspecified atom stereocenters. The molecule has 2 N–H and O–H groups in total. The van der Waals surface area contributed by atoms with E-state index in [1.165, 1.54) is 13.2 Å². The number of thioether (sulfide) groups is 1. The number of hydrogen-bond donors (Lipinski definition) is 2. The van der Waals surface area contributed by atoms with Gasteiger partial charge in [0, 0.05) is 11.6 Å². The molecule has 1 heterocycles. The zero-order chi connectivity index (χ0) is 20.3. The number of aromatic carboxylic acids is 1. The fraction of sp³-hybridized carbons (Fsp3) is 0.150. The second-order valence-electron chi connectivity index (χ2n) is 5.92. The Kier molecular flexibility index (Phi) is 5.70. The van der Waals surface area contributed by atoms with Gasteiger partial charge < -0.3 is 19.9 Å². The summed E-state index contributed by atoms with van der Waals surface area (Å²) in [6.07, 6.45) is 1.69. The highest BCUT2D eigenvalue weighted by Gasteiger charge is 2.25. The van der Waals surface area contributed by atoms with Gasteiger partial charge in [-0.15, -0.1) is 0 Å². The molecule has 1 saturated heterocycles. The summed E-state index contributed by atoms with van der Waals surface area (Å²) < 4.78 is 10.5. The first-order valence-corrected chi connectivity index (χ1v) is 9.08. The number of carbonyl (C=O) groups is 2. The van der Waals surface area contributed by atoms with Crippen LogP contribution in [-0.2, 0) is 4.79 Å². The molecule has 2 aromatic carbocycles. The van der Waals surface area contributed by atoms with Gasteiger partial charge in [-0.2, -0.15) is 0 Å². The number of carboxylic acid groups (broad SMARTS) is 1. The summed E-state index contributed by atoms with van der Waals surface area (Å²) in [6.45, 7) is 1.84. The number of nitrogens with zero attached hydrogens (tertiary/aromatic N) is 1. The van der Waals surface area contributed by atoms with Crippen molar-refractivity contribution < 1.29 is 24.2 Å². The van der Waals surface area contributed by atoms with Crippen molar-refractivity contribution in [2.24, 2.45) is 4.99 Å². The largest absolute Gasteiger partial charge is 0.497 e. The van der Waals surface area contributed by atoms with E-state index in [1.807, 2.05) is 6.92 Å². The van der Waals surface area contributed by atoms with Crippen molar-refractivity contribution >= 4 is 40.6 Å². The molecule has 0 aliphatic carbocycles. The molecule has 0 saturated carbocycles.